The smallest absolute Gasteiger partial charge is 0.305 e. The number of hydrogen-bond acceptors (Lipinski definition) is 5. The molecule has 1 aliphatic rings. The number of carboxylic acid groups (broad SMARTS) is 1. The molecule has 35 heavy (non-hydrogen) atoms. The van der Waals surface area contributed by atoms with Crippen LogP contribution in [-0.4, -0.2) is 32.5 Å². The molecule has 1 fully saturated rings. The van der Waals surface area contributed by atoms with E-state index in [0.29, 0.717) is 16.1 Å². The molecule has 0 aliphatic heterocycles. The summed E-state index contributed by atoms with van der Waals surface area (Å²) in [6.07, 6.45) is 1.84. The zero-order chi connectivity index (χ0) is 24.8. The van der Waals surface area contributed by atoms with Crippen molar-refractivity contribution >= 4 is 33.6 Å². The lowest BCUT2D eigenvalue weighted by atomic mass is 9.92. The van der Waals surface area contributed by atoms with E-state index in [2.05, 4.69) is 22.4 Å². The molecular weight excluding hydrogens is 465 g/mol. The minimum Gasteiger partial charge on any atom is -0.481 e. The van der Waals surface area contributed by atoms with Crippen molar-refractivity contribution in [3.05, 3.63) is 83.3 Å². The number of nitrogens with zero attached hydrogens (tertiary/aromatic N) is 2. The van der Waals surface area contributed by atoms with Gasteiger partial charge in [0, 0.05) is 22.1 Å². The molecule has 0 radical (unpaired) electrons. The first kappa shape index (κ1) is 23.1. The number of carboxylic acids is 1. The van der Waals surface area contributed by atoms with Gasteiger partial charge in [-0.15, -0.1) is 0 Å². The molecule has 0 atom stereocenters. The Balaban J connectivity index is 1.41. The van der Waals surface area contributed by atoms with Crippen molar-refractivity contribution in [3.63, 3.8) is 0 Å². The molecule has 6 nitrogen and oxygen atoms in total. The molecule has 2 N–H and O–H groups in total. The first-order valence-corrected chi connectivity index (χ1v) is 12.2. The van der Waals surface area contributed by atoms with Gasteiger partial charge in [0.15, 0.2) is 0 Å². The minimum absolute atomic E-state index is 0.0612. The lowest BCUT2D eigenvalue weighted by Gasteiger charge is -2.24. The number of thiazole rings is 1. The number of nitrogens with one attached hydrogen (secondary N) is 1. The predicted molar refractivity (Wildman–Crippen MR) is 133 cm³/mol. The largest absolute Gasteiger partial charge is 0.481 e. The Hall–Kier alpha value is -3.65. The number of halogens is 1. The second-order valence-electron chi connectivity index (χ2n) is 9.59. The number of carbonyl (C=O) groups is 2. The van der Waals surface area contributed by atoms with E-state index in [9.17, 15) is 9.59 Å². The number of amides is 1. The van der Waals surface area contributed by atoms with Gasteiger partial charge in [0.2, 0.25) is 0 Å². The van der Waals surface area contributed by atoms with Crippen LogP contribution in [-0.2, 0) is 10.2 Å². The molecule has 1 amide bonds. The molecule has 1 saturated carbocycles. The van der Waals surface area contributed by atoms with Crippen LogP contribution >= 0.6 is 11.3 Å². The van der Waals surface area contributed by atoms with Gasteiger partial charge in [0.25, 0.3) is 5.91 Å². The molecule has 0 spiro atoms. The van der Waals surface area contributed by atoms with Crippen LogP contribution in [0.1, 0.15) is 54.7 Å². The fourth-order valence-corrected chi connectivity index (χ4v) is 5.37. The van der Waals surface area contributed by atoms with Crippen molar-refractivity contribution in [1.29, 1.82) is 0 Å². The van der Waals surface area contributed by atoms with Crippen LogP contribution in [0.2, 0.25) is 0 Å². The van der Waals surface area contributed by atoms with Crippen LogP contribution in [0.5, 0.6) is 0 Å². The molecule has 0 bridgehead atoms. The topological polar surface area (TPSA) is 92.2 Å². The maximum atomic E-state index is 15.0. The Morgan fingerprint density at radius 2 is 1.83 bits per heavy atom. The number of aromatic nitrogens is 2. The molecule has 0 saturated heterocycles. The fraction of sp³-hybridized carbons (Fsp3) is 0.259. The maximum Gasteiger partial charge on any atom is 0.305 e. The summed E-state index contributed by atoms with van der Waals surface area (Å²) in [5, 5.41) is 12.1. The highest BCUT2D eigenvalue weighted by atomic mass is 32.1. The van der Waals surface area contributed by atoms with Crippen LogP contribution in [0, 0.1) is 5.82 Å². The summed E-state index contributed by atoms with van der Waals surface area (Å²) >= 11 is 1.32. The Labute approximate surface area is 205 Å². The first-order valence-electron chi connectivity index (χ1n) is 11.3. The maximum absolute atomic E-state index is 15.0. The summed E-state index contributed by atoms with van der Waals surface area (Å²) in [4.78, 5) is 33.8. The van der Waals surface area contributed by atoms with E-state index in [1.165, 1.54) is 29.0 Å². The van der Waals surface area contributed by atoms with E-state index in [4.69, 9.17) is 10.1 Å². The molecule has 1 aliphatic carbocycles. The van der Waals surface area contributed by atoms with Gasteiger partial charge >= 0.3 is 5.97 Å². The standard InChI is InChI=1S/C27H24FN3O3S/c1-26(2,15-22(32)33)31-23(34)16-8-9-18(19(28)14-16)24-29-20-10-11-21(30-25(20)35-24)27(12-13-27)17-6-4-3-5-7-17/h3-11,14H,12-13,15H2,1-2H3,(H,31,34)(H,32,33). The quantitative estimate of drug-likeness (QED) is 0.355. The summed E-state index contributed by atoms with van der Waals surface area (Å²) in [5.74, 6) is -2.13. The van der Waals surface area contributed by atoms with Crippen molar-refractivity contribution in [2.75, 3.05) is 0 Å². The number of fused-ring (bicyclic) bond motifs is 1. The van der Waals surface area contributed by atoms with Gasteiger partial charge < -0.3 is 10.4 Å². The van der Waals surface area contributed by atoms with Gasteiger partial charge in [-0.2, -0.15) is 0 Å². The molecule has 8 heteroatoms. The van der Waals surface area contributed by atoms with E-state index in [-0.39, 0.29) is 17.4 Å². The molecular formula is C27H24FN3O3S. The Morgan fingerprint density at radius 1 is 1.09 bits per heavy atom. The summed E-state index contributed by atoms with van der Waals surface area (Å²) in [6.45, 7) is 3.21. The summed E-state index contributed by atoms with van der Waals surface area (Å²) in [7, 11) is 0. The molecule has 0 unspecified atom stereocenters. The van der Waals surface area contributed by atoms with Crippen molar-refractivity contribution in [3.8, 4) is 10.6 Å². The fourth-order valence-electron chi connectivity index (χ4n) is 4.41. The lowest BCUT2D eigenvalue weighted by Crippen LogP contribution is -2.44. The van der Waals surface area contributed by atoms with Crippen molar-refractivity contribution in [1.82, 2.24) is 15.3 Å². The van der Waals surface area contributed by atoms with Gasteiger partial charge in [-0.3, -0.25) is 9.59 Å². The average molecular weight is 490 g/mol. The van der Waals surface area contributed by atoms with E-state index in [0.717, 1.165) is 29.4 Å². The Bertz CT molecular complexity index is 1440. The molecule has 4 aromatic rings. The van der Waals surface area contributed by atoms with E-state index in [1.54, 1.807) is 13.8 Å². The second-order valence-corrected chi connectivity index (χ2v) is 10.6. The number of pyridine rings is 1. The predicted octanol–water partition coefficient (Wildman–Crippen LogP) is 5.56. The lowest BCUT2D eigenvalue weighted by molar-refractivity contribution is -0.138. The second kappa shape index (κ2) is 8.53. The number of rotatable bonds is 7. The van der Waals surface area contributed by atoms with Crippen LogP contribution in [0.15, 0.2) is 60.7 Å². The molecule has 2 heterocycles. The SMILES string of the molecule is CC(C)(CC(=O)O)NC(=O)c1ccc(-c2nc3ccc(C4(c5ccccc5)CC4)nc3s2)c(F)c1. The van der Waals surface area contributed by atoms with Gasteiger partial charge in [-0.05, 0) is 62.6 Å². The number of hydrogen-bond donors (Lipinski definition) is 2. The van der Waals surface area contributed by atoms with Gasteiger partial charge in [0.1, 0.15) is 21.2 Å². The monoisotopic (exact) mass is 489 g/mol. The molecule has 2 aromatic heterocycles. The molecule has 2 aromatic carbocycles. The van der Waals surface area contributed by atoms with Gasteiger partial charge in [-0.1, -0.05) is 41.7 Å². The highest BCUT2D eigenvalue weighted by Crippen LogP contribution is 2.53. The van der Waals surface area contributed by atoms with E-state index < -0.39 is 23.2 Å². The first-order chi connectivity index (χ1) is 16.7. The number of carbonyl (C=O) groups excluding carboxylic acids is 1. The third-order valence-corrected chi connectivity index (χ3v) is 7.33. The zero-order valence-electron chi connectivity index (χ0n) is 19.3. The van der Waals surface area contributed by atoms with E-state index >= 15 is 4.39 Å². The third-order valence-electron chi connectivity index (χ3n) is 6.33. The summed E-state index contributed by atoms with van der Waals surface area (Å²) in [6, 6.07) is 18.5. The zero-order valence-corrected chi connectivity index (χ0v) is 20.2. The van der Waals surface area contributed by atoms with Crippen molar-refractivity contribution < 1.29 is 19.1 Å². The number of aliphatic carboxylic acids is 1. The van der Waals surface area contributed by atoms with Crippen LogP contribution < -0.4 is 5.32 Å². The van der Waals surface area contributed by atoms with Crippen LogP contribution in [0.3, 0.4) is 0 Å². The summed E-state index contributed by atoms with van der Waals surface area (Å²) in [5.41, 5.74) is 2.34. The Kier molecular flexibility index (Phi) is 5.63. The average Bonchev–Trinajstić information content (AvgIpc) is 3.51. The minimum atomic E-state index is -1.03. The van der Waals surface area contributed by atoms with Gasteiger partial charge in [0.05, 0.1) is 12.1 Å². The highest BCUT2D eigenvalue weighted by Gasteiger charge is 2.47. The highest BCUT2D eigenvalue weighted by molar-refractivity contribution is 7.21. The molecule has 5 rings (SSSR count). The normalized spacial score (nSPS) is 14.6. The summed E-state index contributed by atoms with van der Waals surface area (Å²) < 4.78 is 15.0. The Morgan fingerprint density at radius 3 is 2.49 bits per heavy atom. The van der Waals surface area contributed by atoms with Gasteiger partial charge in [-0.25, -0.2) is 14.4 Å². The van der Waals surface area contributed by atoms with E-state index in [1.807, 2.05) is 30.3 Å². The van der Waals surface area contributed by atoms with Crippen molar-refractivity contribution in [2.24, 2.45) is 0 Å². The number of benzene rings is 2. The van der Waals surface area contributed by atoms with Crippen molar-refractivity contribution in [2.45, 2.75) is 44.1 Å². The van der Waals surface area contributed by atoms with Crippen LogP contribution in [0.4, 0.5) is 4.39 Å². The third kappa shape index (κ3) is 4.53. The molecule has 178 valence electrons. The van der Waals surface area contributed by atoms with Crippen LogP contribution in [0.25, 0.3) is 20.9 Å².